The number of nitrogens with two attached hydrogens (primary N) is 1. The van der Waals surface area contributed by atoms with Gasteiger partial charge in [-0.3, -0.25) is 0 Å². The van der Waals surface area contributed by atoms with Gasteiger partial charge in [0, 0.05) is 12.6 Å². The van der Waals surface area contributed by atoms with Crippen LogP contribution in [0.5, 0.6) is 0 Å². The van der Waals surface area contributed by atoms with Crippen molar-refractivity contribution in [1.29, 1.82) is 0 Å². The van der Waals surface area contributed by atoms with Gasteiger partial charge < -0.3 is 10.8 Å². The van der Waals surface area contributed by atoms with Gasteiger partial charge in [-0.05, 0) is 31.1 Å². The standard InChI is InChI=1S/C10H23NO/c1-8(11)9(5-6-12)7-10(2,3)4/h8-9,12H,5-7,11H2,1-4H3. The molecular formula is C10H23NO. The molecule has 12 heavy (non-hydrogen) atoms. The Morgan fingerprint density at radius 3 is 2.08 bits per heavy atom. The maximum Gasteiger partial charge on any atom is 0.0434 e. The molecule has 2 nitrogen and oxygen atoms in total. The fourth-order valence-electron chi connectivity index (χ4n) is 1.50. The molecule has 0 aliphatic rings. The fourth-order valence-corrected chi connectivity index (χ4v) is 1.50. The van der Waals surface area contributed by atoms with Crippen LogP contribution in [-0.2, 0) is 0 Å². The average Bonchev–Trinajstić information content (AvgIpc) is 1.83. The summed E-state index contributed by atoms with van der Waals surface area (Å²) in [6.45, 7) is 8.90. The zero-order valence-electron chi connectivity index (χ0n) is 8.80. The van der Waals surface area contributed by atoms with E-state index in [4.69, 9.17) is 10.8 Å². The van der Waals surface area contributed by atoms with E-state index in [-0.39, 0.29) is 12.6 Å². The Bertz CT molecular complexity index is 115. The number of hydrogen-bond acceptors (Lipinski definition) is 2. The third-order valence-corrected chi connectivity index (χ3v) is 2.12. The van der Waals surface area contributed by atoms with E-state index in [2.05, 4.69) is 20.8 Å². The Kier molecular flexibility index (Phi) is 4.80. The van der Waals surface area contributed by atoms with E-state index >= 15 is 0 Å². The van der Waals surface area contributed by atoms with E-state index in [1.165, 1.54) is 0 Å². The summed E-state index contributed by atoms with van der Waals surface area (Å²) in [5.41, 5.74) is 6.13. The first-order valence-electron chi connectivity index (χ1n) is 4.73. The predicted molar refractivity (Wildman–Crippen MR) is 52.9 cm³/mol. The molecule has 0 aromatic heterocycles. The monoisotopic (exact) mass is 173 g/mol. The summed E-state index contributed by atoms with van der Waals surface area (Å²) in [6.07, 6.45) is 1.92. The summed E-state index contributed by atoms with van der Waals surface area (Å²) in [5, 5.41) is 8.83. The van der Waals surface area contributed by atoms with Crippen LogP contribution < -0.4 is 5.73 Å². The molecule has 0 radical (unpaired) electrons. The van der Waals surface area contributed by atoms with Gasteiger partial charge in [-0.15, -0.1) is 0 Å². The first-order valence-corrected chi connectivity index (χ1v) is 4.73. The second-order valence-electron chi connectivity index (χ2n) is 4.90. The molecule has 3 N–H and O–H groups in total. The van der Waals surface area contributed by atoms with Crippen molar-refractivity contribution in [3.05, 3.63) is 0 Å². The van der Waals surface area contributed by atoms with Gasteiger partial charge in [0.25, 0.3) is 0 Å². The topological polar surface area (TPSA) is 46.2 Å². The van der Waals surface area contributed by atoms with Crippen molar-refractivity contribution < 1.29 is 5.11 Å². The minimum atomic E-state index is 0.191. The van der Waals surface area contributed by atoms with Gasteiger partial charge in [-0.1, -0.05) is 20.8 Å². The van der Waals surface area contributed by atoms with E-state index in [1.54, 1.807) is 0 Å². The lowest BCUT2D eigenvalue weighted by Crippen LogP contribution is -2.30. The van der Waals surface area contributed by atoms with Gasteiger partial charge >= 0.3 is 0 Å². The molecule has 0 spiro atoms. The van der Waals surface area contributed by atoms with Crippen molar-refractivity contribution in [2.75, 3.05) is 6.61 Å². The summed E-state index contributed by atoms with van der Waals surface area (Å²) in [7, 11) is 0. The number of rotatable bonds is 4. The number of aliphatic hydroxyl groups excluding tert-OH is 1. The van der Waals surface area contributed by atoms with E-state index < -0.39 is 0 Å². The second-order valence-corrected chi connectivity index (χ2v) is 4.90. The Balaban J connectivity index is 3.95. The highest BCUT2D eigenvalue weighted by Gasteiger charge is 2.20. The molecule has 74 valence electrons. The normalized spacial score (nSPS) is 17.5. The van der Waals surface area contributed by atoms with Gasteiger partial charge in [0.15, 0.2) is 0 Å². The van der Waals surface area contributed by atoms with Crippen LogP contribution >= 0.6 is 0 Å². The zero-order chi connectivity index (χ0) is 9.78. The molecule has 0 aromatic rings. The van der Waals surface area contributed by atoms with Crippen molar-refractivity contribution in [2.45, 2.75) is 46.6 Å². The van der Waals surface area contributed by atoms with Crippen LogP contribution in [0, 0.1) is 11.3 Å². The van der Waals surface area contributed by atoms with Crippen molar-refractivity contribution in [3.63, 3.8) is 0 Å². The lowest BCUT2D eigenvalue weighted by atomic mass is 9.80. The SMILES string of the molecule is CC(N)C(CCO)CC(C)(C)C. The Morgan fingerprint density at radius 1 is 1.33 bits per heavy atom. The molecule has 0 rings (SSSR count). The molecule has 0 fully saturated rings. The summed E-state index contributed by atoms with van der Waals surface area (Å²) in [6, 6.07) is 0.191. The molecule has 0 heterocycles. The molecule has 0 aliphatic carbocycles. The Hall–Kier alpha value is -0.0800. The summed E-state index contributed by atoms with van der Waals surface area (Å²) in [5.74, 6) is 0.454. The van der Waals surface area contributed by atoms with Crippen LogP contribution in [0.2, 0.25) is 0 Å². The van der Waals surface area contributed by atoms with Gasteiger partial charge in [-0.2, -0.15) is 0 Å². The van der Waals surface area contributed by atoms with Crippen molar-refractivity contribution in [2.24, 2.45) is 17.1 Å². The number of hydrogen-bond donors (Lipinski definition) is 2. The van der Waals surface area contributed by atoms with Crippen molar-refractivity contribution in [1.82, 2.24) is 0 Å². The minimum absolute atomic E-state index is 0.191. The molecule has 0 bridgehead atoms. The largest absolute Gasteiger partial charge is 0.396 e. The van der Waals surface area contributed by atoms with Crippen LogP contribution in [0.15, 0.2) is 0 Å². The zero-order valence-corrected chi connectivity index (χ0v) is 8.80. The highest BCUT2D eigenvalue weighted by Crippen LogP contribution is 2.27. The summed E-state index contributed by atoms with van der Waals surface area (Å²) in [4.78, 5) is 0. The van der Waals surface area contributed by atoms with E-state index in [0.29, 0.717) is 11.3 Å². The molecule has 0 aromatic carbocycles. The summed E-state index contributed by atoms with van der Waals surface area (Å²) >= 11 is 0. The maximum atomic E-state index is 8.83. The first-order chi connectivity index (χ1) is 5.37. The third kappa shape index (κ3) is 5.56. The average molecular weight is 173 g/mol. The van der Waals surface area contributed by atoms with E-state index in [1.807, 2.05) is 6.92 Å². The maximum absolute atomic E-state index is 8.83. The summed E-state index contributed by atoms with van der Waals surface area (Å²) < 4.78 is 0. The highest BCUT2D eigenvalue weighted by molar-refractivity contribution is 4.74. The van der Waals surface area contributed by atoms with E-state index in [0.717, 1.165) is 12.8 Å². The minimum Gasteiger partial charge on any atom is -0.396 e. The highest BCUT2D eigenvalue weighted by atomic mass is 16.3. The van der Waals surface area contributed by atoms with Crippen molar-refractivity contribution >= 4 is 0 Å². The molecule has 2 atom stereocenters. The van der Waals surface area contributed by atoms with Crippen LogP contribution in [0.1, 0.15) is 40.5 Å². The van der Waals surface area contributed by atoms with Crippen LogP contribution in [0.4, 0.5) is 0 Å². The van der Waals surface area contributed by atoms with Crippen molar-refractivity contribution in [3.8, 4) is 0 Å². The molecule has 0 saturated heterocycles. The Labute approximate surface area is 76.2 Å². The predicted octanol–water partition coefficient (Wildman–Crippen LogP) is 1.77. The van der Waals surface area contributed by atoms with Gasteiger partial charge in [0.1, 0.15) is 0 Å². The lowest BCUT2D eigenvalue weighted by Gasteiger charge is -2.28. The molecule has 0 aliphatic heterocycles. The smallest absolute Gasteiger partial charge is 0.0434 e. The molecule has 2 unspecified atom stereocenters. The lowest BCUT2D eigenvalue weighted by molar-refractivity contribution is 0.201. The van der Waals surface area contributed by atoms with Gasteiger partial charge in [0.05, 0.1) is 0 Å². The number of aliphatic hydroxyl groups is 1. The second kappa shape index (κ2) is 4.83. The quantitative estimate of drug-likeness (QED) is 0.680. The van der Waals surface area contributed by atoms with Gasteiger partial charge in [0.2, 0.25) is 0 Å². The molecule has 0 amide bonds. The molecule has 0 saturated carbocycles. The third-order valence-electron chi connectivity index (χ3n) is 2.12. The Morgan fingerprint density at radius 2 is 1.83 bits per heavy atom. The first kappa shape index (κ1) is 11.9. The van der Waals surface area contributed by atoms with Crippen LogP contribution in [0.3, 0.4) is 0 Å². The molecular weight excluding hydrogens is 150 g/mol. The van der Waals surface area contributed by atoms with E-state index in [9.17, 15) is 0 Å². The van der Waals surface area contributed by atoms with Crippen LogP contribution in [-0.4, -0.2) is 17.8 Å². The fraction of sp³-hybridized carbons (Fsp3) is 1.00. The molecule has 2 heteroatoms. The van der Waals surface area contributed by atoms with Crippen LogP contribution in [0.25, 0.3) is 0 Å². The van der Waals surface area contributed by atoms with Gasteiger partial charge in [-0.25, -0.2) is 0 Å².